The lowest BCUT2D eigenvalue weighted by Crippen LogP contribution is -2.30. The van der Waals surface area contributed by atoms with E-state index in [4.69, 9.17) is 4.74 Å². The number of pyridine rings is 1. The Morgan fingerprint density at radius 2 is 1.72 bits per heavy atom. The average molecular weight is 485 g/mol. The number of aliphatic hydroxyl groups is 1. The maximum Gasteiger partial charge on any atom is 0.300 e. The summed E-state index contributed by atoms with van der Waals surface area (Å²) < 4.78 is 5.81. The van der Waals surface area contributed by atoms with E-state index in [9.17, 15) is 14.7 Å². The molecular weight excluding hydrogens is 452 g/mol. The lowest BCUT2D eigenvalue weighted by atomic mass is 9.87. The fraction of sp³-hybridized carbons (Fsp3) is 0.300. The number of ether oxygens (including phenoxy) is 1. The number of nitrogens with zero attached hydrogens (tertiary/aromatic N) is 2. The van der Waals surface area contributed by atoms with Crippen LogP contribution >= 0.6 is 0 Å². The third kappa shape index (κ3) is 4.76. The van der Waals surface area contributed by atoms with Gasteiger partial charge in [-0.25, -0.2) is 0 Å². The van der Waals surface area contributed by atoms with Gasteiger partial charge >= 0.3 is 0 Å². The number of amides is 1. The Morgan fingerprint density at radius 1 is 1.03 bits per heavy atom. The van der Waals surface area contributed by atoms with E-state index in [1.165, 1.54) is 4.90 Å². The molecule has 0 spiro atoms. The summed E-state index contributed by atoms with van der Waals surface area (Å²) in [6.45, 7) is 12.1. The van der Waals surface area contributed by atoms with Crippen LogP contribution in [0.3, 0.4) is 0 Å². The molecule has 6 nitrogen and oxygen atoms in total. The standard InChI is InChI=1S/C30H32N2O4/c1-18(2)36-24-15-10-20(17-19(24)3)27(33)25-26(23-9-7-8-16-31-23)32(29(35)28(25)34)22-13-11-21(12-14-22)30(4,5)6/h7-18,26,33H,1-6H3/b27-25-. The minimum Gasteiger partial charge on any atom is -0.507 e. The summed E-state index contributed by atoms with van der Waals surface area (Å²) in [6, 6.07) is 17.3. The molecule has 1 aliphatic heterocycles. The number of Topliss-reactive ketones (excluding diaryl/α,β-unsaturated/α-hetero) is 1. The molecule has 0 aliphatic carbocycles. The summed E-state index contributed by atoms with van der Waals surface area (Å²) >= 11 is 0. The molecule has 3 aromatic rings. The molecule has 1 amide bonds. The Kier molecular flexibility index (Phi) is 6.72. The predicted molar refractivity (Wildman–Crippen MR) is 141 cm³/mol. The number of hydrogen-bond acceptors (Lipinski definition) is 5. The fourth-order valence-corrected chi connectivity index (χ4v) is 4.38. The lowest BCUT2D eigenvalue weighted by molar-refractivity contribution is -0.132. The van der Waals surface area contributed by atoms with Crippen molar-refractivity contribution in [2.75, 3.05) is 4.90 Å². The number of anilines is 1. The highest BCUT2D eigenvalue weighted by atomic mass is 16.5. The summed E-state index contributed by atoms with van der Waals surface area (Å²) in [5.74, 6) is -0.991. The van der Waals surface area contributed by atoms with Crippen LogP contribution in [0.2, 0.25) is 0 Å². The van der Waals surface area contributed by atoms with E-state index in [1.54, 1.807) is 42.6 Å². The molecule has 1 unspecified atom stereocenters. The molecule has 2 heterocycles. The van der Waals surface area contributed by atoms with Gasteiger partial charge in [-0.2, -0.15) is 0 Å². The Morgan fingerprint density at radius 3 is 2.28 bits per heavy atom. The zero-order valence-corrected chi connectivity index (χ0v) is 21.6. The largest absolute Gasteiger partial charge is 0.507 e. The SMILES string of the molecule is Cc1cc(/C(O)=C2/C(=O)C(=O)N(c3ccc(C(C)(C)C)cc3)C2c2ccccn2)ccc1OC(C)C. The number of aromatic nitrogens is 1. The summed E-state index contributed by atoms with van der Waals surface area (Å²) in [6.07, 6.45) is 1.61. The van der Waals surface area contributed by atoms with Gasteiger partial charge in [0.25, 0.3) is 11.7 Å². The maximum atomic E-state index is 13.3. The number of aliphatic hydroxyl groups excluding tert-OH is 1. The first-order chi connectivity index (χ1) is 17.0. The second-order valence-corrected chi connectivity index (χ2v) is 10.4. The highest BCUT2D eigenvalue weighted by Crippen LogP contribution is 2.42. The summed E-state index contributed by atoms with van der Waals surface area (Å²) in [7, 11) is 0. The minimum atomic E-state index is -0.862. The highest BCUT2D eigenvalue weighted by molar-refractivity contribution is 6.51. The van der Waals surface area contributed by atoms with Gasteiger partial charge in [0.1, 0.15) is 17.6 Å². The topological polar surface area (TPSA) is 79.7 Å². The molecule has 0 saturated carbocycles. The normalized spacial score (nSPS) is 17.6. The number of benzene rings is 2. The summed E-state index contributed by atoms with van der Waals surface area (Å²) in [5, 5.41) is 11.4. The van der Waals surface area contributed by atoms with Crippen molar-refractivity contribution in [2.24, 2.45) is 0 Å². The van der Waals surface area contributed by atoms with Crippen molar-refractivity contribution in [1.82, 2.24) is 4.98 Å². The number of carbonyl (C=O) groups excluding carboxylic acids is 2. The second-order valence-electron chi connectivity index (χ2n) is 10.4. The van der Waals surface area contributed by atoms with Crippen molar-refractivity contribution in [2.45, 2.75) is 59.1 Å². The monoisotopic (exact) mass is 484 g/mol. The van der Waals surface area contributed by atoms with Crippen molar-refractivity contribution in [3.8, 4) is 5.75 Å². The maximum absolute atomic E-state index is 13.3. The number of hydrogen-bond donors (Lipinski definition) is 1. The first kappa shape index (κ1) is 25.2. The van der Waals surface area contributed by atoms with Crippen LogP contribution < -0.4 is 9.64 Å². The van der Waals surface area contributed by atoms with E-state index in [-0.39, 0.29) is 22.9 Å². The van der Waals surface area contributed by atoms with Crippen molar-refractivity contribution >= 4 is 23.1 Å². The predicted octanol–water partition coefficient (Wildman–Crippen LogP) is 6.10. The van der Waals surface area contributed by atoms with Crippen LogP contribution in [-0.4, -0.2) is 27.9 Å². The van der Waals surface area contributed by atoms with Crippen molar-refractivity contribution in [3.05, 3.63) is 94.8 Å². The Balaban J connectivity index is 1.85. The fourth-order valence-electron chi connectivity index (χ4n) is 4.38. The molecule has 1 atom stereocenters. The van der Waals surface area contributed by atoms with E-state index in [1.807, 2.05) is 45.0 Å². The molecule has 1 fully saturated rings. The summed E-state index contributed by atoms with van der Waals surface area (Å²) in [4.78, 5) is 32.6. The van der Waals surface area contributed by atoms with Gasteiger partial charge in [0.15, 0.2) is 0 Å². The van der Waals surface area contributed by atoms with Crippen LogP contribution in [0.4, 0.5) is 5.69 Å². The highest BCUT2D eigenvalue weighted by Gasteiger charge is 2.47. The molecule has 1 aromatic heterocycles. The number of ketones is 1. The molecule has 1 saturated heterocycles. The van der Waals surface area contributed by atoms with Gasteiger partial charge in [0.2, 0.25) is 0 Å². The lowest BCUT2D eigenvalue weighted by Gasteiger charge is -2.26. The van der Waals surface area contributed by atoms with Gasteiger partial charge in [0.05, 0.1) is 17.4 Å². The van der Waals surface area contributed by atoms with Crippen molar-refractivity contribution in [1.29, 1.82) is 0 Å². The quantitative estimate of drug-likeness (QED) is 0.269. The van der Waals surface area contributed by atoms with E-state index in [0.717, 1.165) is 11.1 Å². The van der Waals surface area contributed by atoms with Gasteiger partial charge in [-0.05, 0) is 79.8 Å². The molecule has 0 bridgehead atoms. The molecular formula is C30H32N2O4. The Bertz CT molecular complexity index is 1320. The van der Waals surface area contributed by atoms with Gasteiger partial charge in [0, 0.05) is 17.4 Å². The zero-order valence-electron chi connectivity index (χ0n) is 21.6. The molecule has 1 aliphatic rings. The Hall–Kier alpha value is -3.93. The molecule has 2 aromatic carbocycles. The first-order valence-corrected chi connectivity index (χ1v) is 12.1. The first-order valence-electron chi connectivity index (χ1n) is 12.1. The smallest absolute Gasteiger partial charge is 0.300 e. The second kappa shape index (κ2) is 9.61. The molecule has 6 heteroatoms. The van der Waals surface area contributed by atoms with Gasteiger partial charge in [-0.1, -0.05) is 39.0 Å². The zero-order chi connectivity index (χ0) is 26.2. The van der Waals surface area contributed by atoms with Crippen LogP contribution in [0.25, 0.3) is 5.76 Å². The van der Waals surface area contributed by atoms with Crippen LogP contribution in [0.1, 0.15) is 63.0 Å². The van der Waals surface area contributed by atoms with Crippen LogP contribution in [0.15, 0.2) is 72.4 Å². The molecule has 0 radical (unpaired) electrons. The van der Waals surface area contributed by atoms with E-state index in [0.29, 0.717) is 22.7 Å². The van der Waals surface area contributed by atoms with Gasteiger partial charge in [-0.15, -0.1) is 0 Å². The van der Waals surface area contributed by atoms with Crippen LogP contribution in [0.5, 0.6) is 5.75 Å². The van der Waals surface area contributed by atoms with Crippen molar-refractivity contribution in [3.63, 3.8) is 0 Å². The number of rotatable bonds is 5. The molecule has 4 rings (SSSR count). The van der Waals surface area contributed by atoms with Crippen LogP contribution in [0, 0.1) is 6.92 Å². The van der Waals surface area contributed by atoms with Crippen LogP contribution in [-0.2, 0) is 15.0 Å². The van der Waals surface area contributed by atoms with Gasteiger partial charge in [-0.3, -0.25) is 19.5 Å². The third-order valence-corrected chi connectivity index (χ3v) is 6.23. The third-order valence-electron chi connectivity index (χ3n) is 6.23. The Labute approximate surface area is 212 Å². The average Bonchev–Trinajstić information content (AvgIpc) is 3.10. The number of carbonyl (C=O) groups is 2. The molecule has 36 heavy (non-hydrogen) atoms. The van der Waals surface area contributed by atoms with Crippen molar-refractivity contribution < 1.29 is 19.4 Å². The van der Waals surface area contributed by atoms with E-state index >= 15 is 0 Å². The number of aryl methyl sites for hydroxylation is 1. The summed E-state index contributed by atoms with van der Waals surface area (Å²) in [5.41, 5.74) is 3.37. The molecule has 1 N–H and O–H groups in total. The van der Waals surface area contributed by atoms with E-state index < -0.39 is 17.7 Å². The molecule has 186 valence electrons. The van der Waals surface area contributed by atoms with Gasteiger partial charge < -0.3 is 9.84 Å². The van der Waals surface area contributed by atoms with E-state index in [2.05, 4.69) is 25.8 Å². The minimum absolute atomic E-state index is 0.00213.